The normalized spacial score (nSPS) is 13.5. The zero-order valence-corrected chi connectivity index (χ0v) is 9.80. The molecule has 0 spiro atoms. The molecule has 5 N–H and O–H groups in total. The average molecular weight is 242 g/mol. The summed E-state index contributed by atoms with van der Waals surface area (Å²) in [5, 5.41) is 0. The lowest BCUT2D eigenvalue weighted by atomic mass is 10.1. The maximum absolute atomic E-state index is 5.66. The highest BCUT2D eigenvalue weighted by molar-refractivity contribution is 5.54. The Labute approximate surface area is 105 Å². The van der Waals surface area contributed by atoms with E-state index in [4.69, 9.17) is 11.6 Å². The third-order valence-corrected chi connectivity index (χ3v) is 3.04. The molecule has 92 valence electrons. The first-order chi connectivity index (χ1) is 8.76. The number of nitrogens with one attached hydrogen (secondary N) is 1. The first-order valence-corrected chi connectivity index (χ1v) is 5.69. The molecule has 0 fully saturated rings. The number of aromatic nitrogens is 2. The molecule has 0 saturated heterocycles. The predicted molar refractivity (Wildman–Crippen MR) is 70.6 cm³/mol. The van der Waals surface area contributed by atoms with E-state index in [2.05, 4.69) is 32.4 Å². The molecule has 0 atom stereocenters. The van der Waals surface area contributed by atoms with Crippen LogP contribution in [0.2, 0.25) is 0 Å². The molecule has 0 radical (unpaired) electrons. The van der Waals surface area contributed by atoms with Gasteiger partial charge in [0.05, 0.1) is 0 Å². The Balaban J connectivity index is 1.92. The van der Waals surface area contributed by atoms with Gasteiger partial charge in [-0.25, -0.2) is 5.84 Å². The van der Waals surface area contributed by atoms with Gasteiger partial charge in [0, 0.05) is 19.2 Å². The molecule has 0 saturated carbocycles. The third kappa shape index (κ3) is 1.82. The summed E-state index contributed by atoms with van der Waals surface area (Å²) in [7, 11) is 0. The predicted octanol–water partition coefficient (Wildman–Crippen LogP) is 0.865. The van der Waals surface area contributed by atoms with Gasteiger partial charge < -0.3 is 16.1 Å². The summed E-state index contributed by atoms with van der Waals surface area (Å²) in [6.45, 7) is 1.66. The van der Waals surface area contributed by atoms with Crippen LogP contribution in [0.5, 0.6) is 0 Å². The number of hydrogen-bond acceptors (Lipinski definition) is 6. The van der Waals surface area contributed by atoms with Crippen LogP contribution < -0.4 is 21.9 Å². The summed E-state index contributed by atoms with van der Waals surface area (Å²) in [6, 6.07) is 10.1. The lowest BCUT2D eigenvalue weighted by Crippen LogP contribution is -2.18. The number of nitrogens with two attached hydrogens (primary N) is 2. The fraction of sp³-hybridized carbons (Fsp3) is 0.167. The molecule has 1 aromatic carbocycles. The second kappa shape index (κ2) is 4.15. The van der Waals surface area contributed by atoms with E-state index in [0.717, 1.165) is 18.9 Å². The van der Waals surface area contributed by atoms with Crippen molar-refractivity contribution in [2.24, 2.45) is 5.84 Å². The summed E-state index contributed by atoms with van der Waals surface area (Å²) in [4.78, 5) is 10.4. The van der Waals surface area contributed by atoms with Gasteiger partial charge in [0.25, 0.3) is 0 Å². The first-order valence-electron chi connectivity index (χ1n) is 5.69. The third-order valence-electron chi connectivity index (χ3n) is 3.04. The van der Waals surface area contributed by atoms with E-state index >= 15 is 0 Å². The van der Waals surface area contributed by atoms with E-state index in [1.807, 2.05) is 12.1 Å². The maximum atomic E-state index is 5.66. The van der Waals surface area contributed by atoms with E-state index in [0.29, 0.717) is 5.82 Å². The van der Waals surface area contributed by atoms with Crippen LogP contribution in [0.3, 0.4) is 0 Å². The smallest absolute Gasteiger partial charge is 0.223 e. The monoisotopic (exact) mass is 242 g/mol. The Morgan fingerprint density at radius 2 is 1.78 bits per heavy atom. The Morgan fingerprint density at radius 3 is 2.39 bits per heavy atom. The van der Waals surface area contributed by atoms with Crippen LogP contribution in [-0.2, 0) is 13.1 Å². The number of anilines is 3. The van der Waals surface area contributed by atoms with Crippen molar-refractivity contribution < 1.29 is 0 Å². The fourth-order valence-electron chi connectivity index (χ4n) is 2.18. The van der Waals surface area contributed by atoms with Crippen LogP contribution >= 0.6 is 0 Å². The van der Waals surface area contributed by atoms with Crippen LogP contribution in [-0.4, -0.2) is 9.97 Å². The van der Waals surface area contributed by atoms with Gasteiger partial charge in [-0.1, -0.05) is 24.3 Å². The number of hydrogen-bond donors (Lipinski definition) is 3. The van der Waals surface area contributed by atoms with Gasteiger partial charge in [-0.2, -0.15) is 9.97 Å². The molecular formula is C12H14N6. The van der Waals surface area contributed by atoms with Crippen molar-refractivity contribution >= 4 is 17.6 Å². The lowest BCUT2D eigenvalue weighted by molar-refractivity contribution is 0.853. The van der Waals surface area contributed by atoms with Gasteiger partial charge in [0.1, 0.15) is 11.6 Å². The highest BCUT2D eigenvalue weighted by atomic mass is 15.3. The van der Waals surface area contributed by atoms with Gasteiger partial charge >= 0.3 is 0 Å². The summed E-state index contributed by atoms with van der Waals surface area (Å²) >= 11 is 0. The number of rotatable bonds is 2. The van der Waals surface area contributed by atoms with Gasteiger partial charge in [-0.15, -0.1) is 0 Å². The number of hydrazine groups is 1. The fourth-order valence-corrected chi connectivity index (χ4v) is 2.18. The van der Waals surface area contributed by atoms with Crippen LogP contribution in [0, 0.1) is 0 Å². The maximum Gasteiger partial charge on any atom is 0.223 e. The number of nitrogen functional groups attached to an aromatic ring is 2. The molecule has 1 aromatic heterocycles. The molecule has 18 heavy (non-hydrogen) atoms. The molecule has 6 nitrogen and oxygen atoms in total. The van der Waals surface area contributed by atoms with E-state index in [-0.39, 0.29) is 5.95 Å². The zero-order chi connectivity index (χ0) is 12.5. The molecular weight excluding hydrogens is 228 g/mol. The first kappa shape index (κ1) is 10.8. The SMILES string of the molecule is NNc1cc(N2Cc3ccccc3C2)nc(N)n1. The van der Waals surface area contributed by atoms with Crippen molar-refractivity contribution in [1.82, 2.24) is 9.97 Å². The summed E-state index contributed by atoms with van der Waals surface area (Å²) < 4.78 is 0. The Hall–Kier alpha value is -2.34. The molecule has 0 amide bonds. The summed E-state index contributed by atoms with van der Waals surface area (Å²) in [5.41, 5.74) is 10.8. The van der Waals surface area contributed by atoms with E-state index in [1.54, 1.807) is 6.07 Å². The highest BCUT2D eigenvalue weighted by Gasteiger charge is 2.20. The second-order valence-electron chi connectivity index (χ2n) is 4.24. The Kier molecular flexibility index (Phi) is 2.49. The second-order valence-corrected chi connectivity index (χ2v) is 4.24. The summed E-state index contributed by atoms with van der Waals surface area (Å²) in [5.74, 6) is 6.88. The summed E-state index contributed by atoms with van der Waals surface area (Å²) in [6.07, 6.45) is 0. The van der Waals surface area contributed by atoms with Crippen LogP contribution in [0.4, 0.5) is 17.6 Å². The lowest BCUT2D eigenvalue weighted by Gasteiger charge is -2.17. The molecule has 1 aliphatic rings. The molecule has 0 bridgehead atoms. The molecule has 0 unspecified atom stereocenters. The van der Waals surface area contributed by atoms with Crippen LogP contribution in [0.25, 0.3) is 0 Å². The Bertz CT molecular complexity index is 558. The minimum absolute atomic E-state index is 0.219. The van der Waals surface area contributed by atoms with Crippen molar-refractivity contribution in [2.75, 3.05) is 16.1 Å². The molecule has 6 heteroatoms. The Morgan fingerprint density at radius 1 is 1.11 bits per heavy atom. The van der Waals surface area contributed by atoms with Gasteiger partial charge in [0.15, 0.2) is 0 Å². The largest absolute Gasteiger partial charge is 0.368 e. The van der Waals surface area contributed by atoms with Crippen LogP contribution in [0.1, 0.15) is 11.1 Å². The van der Waals surface area contributed by atoms with Crippen molar-refractivity contribution in [3.05, 3.63) is 41.5 Å². The zero-order valence-electron chi connectivity index (χ0n) is 9.80. The topological polar surface area (TPSA) is 93.1 Å². The average Bonchev–Trinajstić information content (AvgIpc) is 2.81. The van der Waals surface area contributed by atoms with Gasteiger partial charge in [-0.3, -0.25) is 0 Å². The van der Waals surface area contributed by atoms with Crippen molar-refractivity contribution in [3.63, 3.8) is 0 Å². The highest BCUT2D eigenvalue weighted by Crippen LogP contribution is 2.27. The van der Waals surface area contributed by atoms with E-state index in [9.17, 15) is 0 Å². The number of nitrogens with zero attached hydrogens (tertiary/aromatic N) is 3. The minimum Gasteiger partial charge on any atom is -0.368 e. The number of benzene rings is 1. The van der Waals surface area contributed by atoms with Crippen molar-refractivity contribution in [1.29, 1.82) is 0 Å². The van der Waals surface area contributed by atoms with E-state index < -0.39 is 0 Å². The van der Waals surface area contributed by atoms with Crippen LogP contribution in [0.15, 0.2) is 30.3 Å². The van der Waals surface area contributed by atoms with Crippen molar-refractivity contribution in [3.8, 4) is 0 Å². The van der Waals surface area contributed by atoms with E-state index in [1.165, 1.54) is 11.1 Å². The number of fused-ring (bicyclic) bond motifs is 1. The molecule has 1 aliphatic heterocycles. The minimum atomic E-state index is 0.219. The molecule has 2 heterocycles. The quantitative estimate of drug-likeness (QED) is 0.534. The molecule has 3 rings (SSSR count). The molecule has 0 aliphatic carbocycles. The molecule has 2 aromatic rings. The van der Waals surface area contributed by atoms with Crippen molar-refractivity contribution in [2.45, 2.75) is 13.1 Å². The van der Waals surface area contributed by atoms with Gasteiger partial charge in [-0.05, 0) is 11.1 Å². The van der Waals surface area contributed by atoms with Gasteiger partial charge in [0.2, 0.25) is 5.95 Å². The standard InChI is InChI=1S/C12H14N6/c13-12-15-10(17-14)5-11(16-12)18-6-8-3-1-2-4-9(8)7-18/h1-5H,6-7,14H2,(H3,13,15,16,17).